The molecule has 2 saturated heterocycles. The minimum absolute atomic E-state index is 0.0311. The molecule has 0 aromatic rings. The maximum absolute atomic E-state index is 12.1. The van der Waals surface area contributed by atoms with Crippen LogP contribution in [0.5, 0.6) is 0 Å². The highest BCUT2D eigenvalue weighted by molar-refractivity contribution is 8.13. The number of rotatable bonds is 4. The molecule has 20 heavy (non-hydrogen) atoms. The Bertz CT molecular complexity index is 455. The molecular weight excluding hydrogens is 286 g/mol. The first-order valence-electron chi connectivity index (χ1n) is 6.19. The molecule has 2 N–H and O–H groups in total. The van der Waals surface area contributed by atoms with E-state index in [1.54, 1.807) is 4.90 Å². The second-order valence-corrected chi connectivity index (χ2v) is 5.58. The van der Waals surface area contributed by atoms with Crippen LogP contribution in [-0.2, 0) is 14.4 Å². The molecule has 0 saturated carbocycles. The van der Waals surface area contributed by atoms with E-state index in [9.17, 15) is 19.2 Å². The van der Waals surface area contributed by atoms with Crippen molar-refractivity contribution >= 4 is 34.8 Å². The van der Waals surface area contributed by atoms with Crippen LogP contribution in [0.1, 0.15) is 6.42 Å². The zero-order valence-electron chi connectivity index (χ0n) is 10.7. The fraction of sp³-hybridized carbons (Fsp3) is 0.636. The molecule has 0 aromatic heterocycles. The Morgan fingerprint density at radius 3 is 2.75 bits per heavy atom. The van der Waals surface area contributed by atoms with Crippen molar-refractivity contribution in [3.63, 3.8) is 0 Å². The number of thioether (sulfide) groups is 1. The number of aliphatic carboxylic acids is 1. The van der Waals surface area contributed by atoms with E-state index in [0.29, 0.717) is 12.3 Å². The van der Waals surface area contributed by atoms with Gasteiger partial charge in [0.2, 0.25) is 11.8 Å². The third-order valence-electron chi connectivity index (χ3n) is 3.23. The summed E-state index contributed by atoms with van der Waals surface area (Å²) in [5, 5.41) is 11.4. The molecule has 0 radical (unpaired) electrons. The van der Waals surface area contributed by atoms with Gasteiger partial charge in [0.15, 0.2) is 0 Å². The van der Waals surface area contributed by atoms with Crippen molar-refractivity contribution < 1.29 is 24.3 Å². The molecule has 2 aliphatic heterocycles. The lowest BCUT2D eigenvalue weighted by Crippen LogP contribution is -2.59. The van der Waals surface area contributed by atoms with Crippen LogP contribution in [-0.4, -0.2) is 75.9 Å². The molecule has 2 rings (SSSR count). The van der Waals surface area contributed by atoms with Gasteiger partial charge in [-0.1, -0.05) is 11.8 Å². The van der Waals surface area contributed by atoms with Crippen LogP contribution in [0, 0.1) is 0 Å². The third kappa shape index (κ3) is 3.21. The molecule has 9 heteroatoms. The van der Waals surface area contributed by atoms with Gasteiger partial charge in [-0.25, -0.2) is 4.79 Å². The standard InChI is InChI=1S/C11H15N3O5S/c15-8-6-14(7(5-12-8)10(17)18)9(16)1-2-13-3-4-20-11(13)19/h7H,1-6H2,(H,12,15)(H,17,18). The van der Waals surface area contributed by atoms with Gasteiger partial charge in [0.05, 0.1) is 0 Å². The number of carbonyl (C=O) groups is 4. The normalized spacial score (nSPS) is 22.9. The van der Waals surface area contributed by atoms with Crippen molar-refractivity contribution in [3.8, 4) is 0 Å². The third-order valence-corrected chi connectivity index (χ3v) is 4.12. The summed E-state index contributed by atoms with van der Waals surface area (Å²) >= 11 is 1.20. The summed E-state index contributed by atoms with van der Waals surface area (Å²) < 4.78 is 0. The van der Waals surface area contributed by atoms with E-state index >= 15 is 0 Å². The first kappa shape index (κ1) is 14.6. The molecule has 2 heterocycles. The molecule has 0 aromatic carbocycles. The highest BCUT2D eigenvalue weighted by atomic mass is 32.2. The SMILES string of the molecule is O=C1CN(C(=O)CCN2CCSC2=O)C(C(=O)O)CN1. The topological polar surface area (TPSA) is 107 Å². The van der Waals surface area contributed by atoms with E-state index in [2.05, 4.69) is 5.32 Å². The molecule has 1 unspecified atom stereocenters. The molecule has 3 amide bonds. The number of nitrogens with zero attached hydrogens (tertiary/aromatic N) is 2. The van der Waals surface area contributed by atoms with E-state index in [1.807, 2.05) is 0 Å². The Morgan fingerprint density at radius 1 is 1.40 bits per heavy atom. The molecule has 0 aliphatic carbocycles. The van der Waals surface area contributed by atoms with Gasteiger partial charge < -0.3 is 20.2 Å². The van der Waals surface area contributed by atoms with Gasteiger partial charge in [0.25, 0.3) is 5.24 Å². The van der Waals surface area contributed by atoms with E-state index < -0.39 is 17.9 Å². The van der Waals surface area contributed by atoms with Crippen molar-refractivity contribution in [1.29, 1.82) is 0 Å². The van der Waals surface area contributed by atoms with Gasteiger partial charge in [-0.05, 0) is 0 Å². The molecule has 2 fully saturated rings. The number of amides is 3. The molecule has 2 aliphatic rings. The van der Waals surface area contributed by atoms with Crippen molar-refractivity contribution in [1.82, 2.24) is 15.1 Å². The van der Waals surface area contributed by atoms with E-state index in [-0.39, 0.29) is 37.2 Å². The first-order chi connectivity index (χ1) is 9.49. The van der Waals surface area contributed by atoms with Crippen LogP contribution in [0.2, 0.25) is 0 Å². The minimum atomic E-state index is -1.15. The fourth-order valence-electron chi connectivity index (χ4n) is 2.13. The summed E-state index contributed by atoms with van der Waals surface area (Å²) in [6.45, 7) is 0.519. The van der Waals surface area contributed by atoms with E-state index in [1.165, 1.54) is 11.8 Å². The van der Waals surface area contributed by atoms with Gasteiger partial charge in [-0.15, -0.1) is 0 Å². The highest BCUT2D eigenvalue weighted by Gasteiger charge is 2.35. The number of carboxylic acid groups (broad SMARTS) is 1. The maximum atomic E-state index is 12.1. The van der Waals surface area contributed by atoms with Crippen molar-refractivity contribution in [2.24, 2.45) is 0 Å². The van der Waals surface area contributed by atoms with Crippen LogP contribution in [0.15, 0.2) is 0 Å². The number of piperazine rings is 1. The second-order valence-electron chi connectivity index (χ2n) is 4.53. The maximum Gasteiger partial charge on any atom is 0.328 e. The summed E-state index contributed by atoms with van der Waals surface area (Å²) in [5.74, 6) is -1.23. The summed E-state index contributed by atoms with van der Waals surface area (Å²) in [5.41, 5.74) is 0. The lowest BCUT2D eigenvalue weighted by Gasteiger charge is -2.33. The molecular formula is C11H15N3O5S. The van der Waals surface area contributed by atoms with Gasteiger partial charge in [-0.3, -0.25) is 14.4 Å². The summed E-state index contributed by atoms with van der Waals surface area (Å²) in [6.07, 6.45) is 0.0311. The molecule has 0 bridgehead atoms. The summed E-state index contributed by atoms with van der Waals surface area (Å²) in [4.78, 5) is 48.4. The Kier molecular flexibility index (Phi) is 4.48. The number of hydrogen-bond donors (Lipinski definition) is 2. The second kappa shape index (κ2) is 6.12. The van der Waals surface area contributed by atoms with Crippen molar-refractivity contribution in [2.45, 2.75) is 12.5 Å². The highest BCUT2D eigenvalue weighted by Crippen LogP contribution is 2.17. The van der Waals surface area contributed by atoms with Gasteiger partial charge in [-0.2, -0.15) is 0 Å². The smallest absolute Gasteiger partial charge is 0.328 e. The Balaban J connectivity index is 1.93. The summed E-state index contributed by atoms with van der Waals surface area (Å²) in [7, 11) is 0. The van der Waals surface area contributed by atoms with Crippen LogP contribution in [0.3, 0.4) is 0 Å². The van der Waals surface area contributed by atoms with Crippen molar-refractivity contribution in [2.75, 3.05) is 31.9 Å². The average molecular weight is 301 g/mol. The molecule has 110 valence electrons. The average Bonchev–Trinajstić information content (AvgIpc) is 2.81. The van der Waals surface area contributed by atoms with Gasteiger partial charge >= 0.3 is 5.97 Å². The minimum Gasteiger partial charge on any atom is -0.480 e. The van der Waals surface area contributed by atoms with Gasteiger partial charge in [0.1, 0.15) is 12.6 Å². The fourth-order valence-corrected chi connectivity index (χ4v) is 2.98. The Morgan fingerprint density at radius 2 is 2.15 bits per heavy atom. The largest absolute Gasteiger partial charge is 0.480 e. The Hall–Kier alpha value is -1.77. The number of carbonyl (C=O) groups excluding carboxylic acids is 3. The predicted molar refractivity (Wildman–Crippen MR) is 70.2 cm³/mol. The lowest BCUT2D eigenvalue weighted by molar-refractivity contribution is -0.154. The van der Waals surface area contributed by atoms with Crippen LogP contribution in [0.4, 0.5) is 4.79 Å². The first-order valence-corrected chi connectivity index (χ1v) is 7.18. The lowest BCUT2D eigenvalue weighted by atomic mass is 10.1. The molecule has 8 nitrogen and oxygen atoms in total. The zero-order chi connectivity index (χ0) is 14.7. The van der Waals surface area contributed by atoms with Gasteiger partial charge in [0, 0.05) is 31.8 Å². The predicted octanol–water partition coefficient (Wildman–Crippen LogP) is -1.04. The Labute approximate surface area is 119 Å². The van der Waals surface area contributed by atoms with E-state index in [0.717, 1.165) is 4.90 Å². The van der Waals surface area contributed by atoms with Crippen LogP contribution < -0.4 is 5.32 Å². The number of nitrogens with one attached hydrogen (secondary N) is 1. The summed E-state index contributed by atoms with van der Waals surface area (Å²) in [6, 6.07) is -1.04. The van der Waals surface area contributed by atoms with Crippen LogP contribution in [0.25, 0.3) is 0 Å². The zero-order valence-corrected chi connectivity index (χ0v) is 11.5. The number of hydrogen-bond acceptors (Lipinski definition) is 5. The van der Waals surface area contributed by atoms with E-state index in [4.69, 9.17) is 5.11 Å². The van der Waals surface area contributed by atoms with Crippen molar-refractivity contribution in [3.05, 3.63) is 0 Å². The quantitative estimate of drug-likeness (QED) is 0.686. The monoisotopic (exact) mass is 301 g/mol. The number of carboxylic acids is 1. The molecule has 0 spiro atoms. The molecule has 1 atom stereocenters. The van der Waals surface area contributed by atoms with Crippen LogP contribution >= 0.6 is 11.8 Å².